The third kappa shape index (κ3) is 2.85. The first-order valence-electron chi connectivity index (χ1n) is 6.07. The Morgan fingerprint density at radius 1 is 1.30 bits per heavy atom. The number of carboxylic acid groups (broad SMARTS) is 1. The van der Waals surface area contributed by atoms with Gasteiger partial charge in [-0.1, -0.05) is 0 Å². The van der Waals surface area contributed by atoms with Crippen molar-refractivity contribution >= 4 is 5.97 Å². The molecule has 1 heterocycles. The van der Waals surface area contributed by atoms with Crippen LogP contribution in [-0.4, -0.2) is 20.6 Å². The Hall–Kier alpha value is -2.63. The Kier molecular flexibility index (Phi) is 3.84. The minimum Gasteiger partial charge on any atom is -0.478 e. The molecule has 1 aromatic heterocycles. The normalized spacial score (nSPS) is 10.6. The van der Waals surface area contributed by atoms with E-state index in [1.54, 1.807) is 6.20 Å². The molecule has 0 radical (unpaired) electrons. The monoisotopic (exact) mass is 274 g/mol. The van der Waals surface area contributed by atoms with Crippen molar-refractivity contribution in [1.82, 2.24) is 9.55 Å². The lowest BCUT2D eigenvalue weighted by Crippen LogP contribution is -2.23. The Morgan fingerprint density at radius 2 is 1.95 bits per heavy atom. The van der Waals surface area contributed by atoms with Crippen molar-refractivity contribution in [1.29, 1.82) is 0 Å². The maximum Gasteiger partial charge on any atom is 0.335 e. The molecule has 0 saturated carbocycles. The maximum atomic E-state index is 12.1. The molecule has 6 heteroatoms. The highest BCUT2D eigenvalue weighted by molar-refractivity contribution is 5.87. The second-order valence-electron chi connectivity index (χ2n) is 4.47. The van der Waals surface area contributed by atoms with Gasteiger partial charge in [-0.05, 0) is 38.1 Å². The van der Waals surface area contributed by atoms with Gasteiger partial charge in [-0.3, -0.25) is 4.79 Å². The number of benzene rings is 1. The number of carbonyl (C=O) groups is 1. The van der Waals surface area contributed by atoms with Crippen LogP contribution < -0.4 is 10.3 Å². The molecular formula is C14H14N2O4. The van der Waals surface area contributed by atoms with Crippen LogP contribution >= 0.6 is 0 Å². The van der Waals surface area contributed by atoms with E-state index < -0.39 is 5.97 Å². The summed E-state index contributed by atoms with van der Waals surface area (Å²) < 4.78 is 6.91. The second kappa shape index (κ2) is 5.56. The molecule has 0 unspecified atom stereocenters. The maximum absolute atomic E-state index is 12.1. The lowest BCUT2D eigenvalue weighted by Gasteiger charge is -2.11. The highest BCUT2D eigenvalue weighted by atomic mass is 16.5. The Labute approximate surface area is 115 Å². The average Bonchev–Trinajstić information content (AvgIpc) is 2.41. The van der Waals surface area contributed by atoms with Crippen molar-refractivity contribution in [3.05, 3.63) is 52.6 Å². The van der Waals surface area contributed by atoms with E-state index in [-0.39, 0.29) is 23.0 Å². The average molecular weight is 274 g/mol. The molecule has 20 heavy (non-hydrogen) atoms. The van der Waals surface area contributed by atoms with Crippen molar-refractivity contribution in [2.45, 2.75) is 19.9 Å². The van der Waals surface area contributed by atoms with Crippen LogP contribution in [0.1, 0.15) is 30.2 Å². The Balaban J connectivity index is 2.28. The summed E-state index contributed by atoms with van der Waals surface area (Å²) in [6.07, 6.45) is 3.08. The van der Waals surface area contributed by atoms with Gasteiger partial charge in [-0.2, -0.15) is 0 Å². The summed E-state index contributed by atoms with van der Waals surface area (Å²) in [7, 11) is 0. The van der Waals surface area contributed by atoms with E-state index in [0.29, 0.717) is 5.75 Å². The fourth-order valence-corrected chi connectivity index (χ4v) is 1.66. The predicted octanol–water partition coefficient (Wildman–Crippen LogP) is 2.31. The quantitative estimate of drug-likeness (QED) is 0.925. The van der Waals surface area contributed by atoms with Gasteiger partial charge in [0.15, 0.2) is 0 Å². The van der Waals surface area contributed by atoms with Crippen LogP contribution in [0.3, 0.4) is 0 Å². The molecule has 1 aromatic carbocycles. The topological polar surface area (TPSA) is 81.4 Å². The summed E-state index contributed by atoms with van der Waals surface area (Å²) in [5.41, 5.74) is -0.178. The molecule has 0 bridgehead atoms. The molecule has 0 saturated heterocycles. The molecule has 0 amide bonds. The van der Waals surface area contributed by atoms with E-state index in [9.17, 15) is 9.59 Å². The van der Waals surface area contributed by atoms with Gasteiger partial charge < -0.3 is 14.4 Å². The molecule has 0 aliphatic rings. The Morgan fingerprint density at radius 3 is 2.50 bits per heavy atom. The van der Waals surface area contributed by atoms with Gasteiger partial charge in [0, 0.05) is 18.4 Å². The number of aromatic nitrogens is 2. The van der Waals surface area contributed by atoms with Crippen LogP contribution in [0.5, 0.6) is 11.6 Å². The third-order valence-corrected chi connectivity index (χ3v) is 2.71. The van der Waals surface area contributed by atoms with Gasteiger partial charge in [0.25, 0.3) is 5.88 Å². The first kappa shape index (κ1) is 13.8. The molecule has 0 fully saturated rings. The zero-order valence-electron chi connectivity index (χ0n) is 11.1. The van der Waals surface area contributed by atoms with E-state index in [1.165, 1.54) is 35.0 Å². The van der Waals surface area contributed by atoms with E-state index in [0.717, 1.165) is 0 Å². The number of aromatic carboxylic acids is 1. The van der Waals surface area contributed by atoms with E-state index in [2.05, 4.69) is 4.98 Å². The third-order valence-electron chi connectivity index (χ3n) is 2.71. The first-order valence-corrected chi connectivity index (χ1v) is 6.07. The fourth-order valence-electron chi connectivity index (χ4n) is 1.66. The van der Waals surface area contributed by atoms with Crippen LogP contribution in [-0.2, 0) is 0 Å². The number of carboxylic acids is 1. The number of nitrogens with zero attached hydrogens (tertiary/aromatic N) is 2. The molecule has 0 atom stereocenters. The largest absolute Gasteiger partial charge is 0.478 e. The van der Waals surface area contributed by atoms with Crippen molar-refractivity contribution in [2.75, 3.05) is 0 Å². The van der Waals surface area contributed by atoms with Crippen LogP contribution in [0.25, 0.3) is 0 Å². The first-order chi connectivity index (χ1) is 9.49. The van der Waals surface area contributed by atoms with Crippen LogP contribution in [0, 0.1) is 0 Å². The van der Waals surface area contributed by atoms with E-state index >= 15 is 0 Å². The standard InChI is InChI=1S/C14H14N2O4/c1-9(2)16-8-7-15-12(13(16)17)20-11-5-3-10(4-6-11)14(18)19/h3-9H,1-2H3,(H,18,19). The van der Waals surface area contributed by atoms with Gasteiger partial charge >= 0.3 is 11.5 Å². The van der Waals surface area contributed by atoms with E-state index in [1.807, 2.05) is 13.8 Å². The zero-order chi connectivity index (χ0) is 14.7. The molecule has 6 nitrogen and oxygen atoms in total. The number of rotatable bonds is 4. The summed E-state index contributed by atoms with van der Waals surface area (Å²) in [6.45, 7) is 3.76. The number of ether oxygens (including phenoxy) is 1. The molecule has 0 spiro atoms. The van der Waals surface area contributed by atoms with Crippen molar-refractivity contribution < 1.29 is 14.6 Å². The molecule has 104 valence electrons. The molecule has 0 aliphatic heterocycles. The van der Waals surface area contributed by atoms with Gasteiger partial charge in [0.05, 0.1) is 5.56 Å². The number of hydrogen-bond acceptors (Lipinski definition) is 4. The minimum atomic E-state index is -1.02. The van der Waals surface area contributed by atoms with Crippen molar-refractivity contribution in [3.63, 3.8) is 0 Å². The van der Waals surface area contributed by atoms with Crippen LogP contribution in [0.4, 0.5) is 0 Å². The van der Waals surface area contributed by atoms with Gasteiger partial charge in [-0.15, -0.1) is 0 Å². The minimum absolute atomic E-state index is 0.00207. The van der Waals surface area contributed by atoms with Crippen LogP contribution in [0.2, 0.25) is 0 Å². The van der Waals surface area contributed by atoms with Gasteiger partial charge in [0.2, 0.25) is 0 Å². The summed E-state index contributed by atoms with van der Waals surface area (Å²) >= 11 is 0. The molecular weight excluding hydrogens is 260 g/mol. The predicted molar refractivity (Wildman–Crippen MR) is 72.4 cm³/mol. The highest BCUT2D eigenvalue weighted by Gasteiger charge is 2.10. The lowest BCUT2D eigenvalue weighted by molar-refractivity contribution is 0.0697. The fraction of sp³-hybridized carbons (Fsp3) is 0.214. The summed E-state index contributed by atoms with van der Waals surface area (Å²) in [5.74, 6) is -0.693. The number of hydrogen-bond donors (Lipinski definition) is 1. The SMILES string of the molecule is CC(C)n1ccnc(Oc2ccc(C(=O)O)cc2)c1=O. The molecule has 1 N–H and O–H groups in total. The van der Waals surface area contributed by atoms with Crippen molar-refractivity contribution in [2.24, 2.45) is 0 Å². The second-order valence-corrected chi connectivity index (χ2v) is 4.47. The lowest BCUT2D eigenvalue weighted by atomic mass is 10.2. The summed E-state index contributed by atoms with van der Waals surface area (Å²) in [5, 5.41) is 8.80. The Bertz CT molecular complexity index is 674. The smallest absolute Gasteiger partial charge is 0.335 e. The zero-order valence-corrected chi connectivity index (χ0v) is 11.1. The van der Waals surface area contributed by atoms with Gasteiger partial charge in [0.1, 0.15) is 5.75 Å². The molecule has 0 aliphatic carbocycles. The summed E-state index contributed by atoms with van der Waals surface area (Å²) in [4.78, 5) is 26.7. The molecule has 2 aromatic rings. The van der Waals surface area contributed by atoms with Crippen LogP contribution in [0.15, 0.2) is 41.5 Å². The van der Waals surface area contributed by atoms with Crippen molar-refractivity contribution in [3.8, 4) is 11.6 Å². The van der Waals surface area contributed by atoms with E-state index in [4.69, 9.17) is 9.84 Å². The summed E-state index contributed by atoms with van der Waals surface area (Å²) in [6, 6.07) is 5.78. The molecule has 2 rings (SSSR count). The van der Waals surface area contributed by atoms with Gasteiger partial charge in [-0.25, -0.2) is 9.78 Å². The highest BCUT2D eigenvalue weighted by Crippen LogP contribution is 2.17.